The normalized spacial score (nSPS) is 11.9. The summed E-state index contributed by atoms with van der Waals surface area (Å²) < 4.78 is 16.4. The number of carbonyl (C=O) groups excluding carboxylic acids is 1. The largest absolute Gasteiger partial charge is 0.478 e. The number of benzene rings is 1. The topological polar surface area (TPSA) is 78.6 Å². The van der Waals surface area contributed by atoms with Gasteiger partial charge in [-0.25, -0.2) is 4.79 Å². The zero-order valence-corrected chi connectivity index (χ0v) is 19.5. The molecule has 6 heteroatoms. The molecule has 0 aliphatic rings. The molecule has 0 aliphatic carbocycles. The summed E-state index contributed by atoms with van der Waals surface area (Å²) in [5.74, 6) is 0.360. The van der Waals surface area contributed by atoms with E-state index in [1.807, 2.05) is 50.2 Å². The van der Waals surface area contributed by atoms with E-state index >= 15 is 0 Å². The number of ether oxygens (including phenoxy) is 2. The molecule has 0 N–H and O–H groups in total. The summed E-state index contributed by atoms with van der Waals surface area (Å²) in [5.41, 5.74) is 1.21. The second kappa shape index (κ2) is 12.8. The van der Waals surface area contributed by atoms with Gasteiger partial charge in [0.25, 0.3) is 0 Å². The molecule has 3 rings (SSSR count). The molecule has 6 nitrogen and oxygen atoms in total. The van der Waals surface area contributed by atoms with Crippen LogP contribution in [0.2, 0.25) is 0 Å². The van der Waals surface area contributed by atoms with Gasteiger partial charge in [0.15, 0.2) is 0 Å². The Bertz CT molecular complexity index is 1080. The monoisotopic (exact) mass is 451 g/mol. The highest BCUT2D eigenvalue weighted by Gasteiger charge is 2.11. The molecule has 0 saturated carbocycles. The van der Waals surface area contributed by atoms with E-state index in [2.05, 4.69) is 4.98 Å². The smallest absolute Gasteiger partial charge is 0.345 e. The summed E-state index contributed by atoms with van der Waals surface area (Å²) in [4.78, 5) is 28.3. The molecule has 3 aromatic rings. The summed E-state index contributed by atoms with van der Waals surface area (Å²) in [6, 6.07) is 14.9. The molecule has 0 saturated heterocycles. The van der Waals surface area contributed by atoms with Gasteiger partial charge in [-0.15, -0.1) is 0 Å². The minimum atomic E-state index is -0.409. The number of nitrogens with zero attached hydrogens (tertiary/aromatic N) is 1. The van der Waals surface area contributed by atoms with Crippen molar-refractivity contribution in [2.24, 2.45) is 5.92 Å². The van der Waals surface area contributed by atoms with E-state index in [-0.39, 0.29) is 17.6 Å². The fraction of sp³-hybridized carbons (Fsp3) is 0.444. The highest BCUT2D eigenvalue weighted by atomic mass is 16.5. The second-order valence-corrected chi connectivity index (χ2v) is 8.30. The number of pyridine rings is 1. The zero-order valence-electron chi connectivity index (χ0n) is 19.5. The van der Waals surface area contributed by atoms with E-state index in [1.165, 1.54) is 0 Å². The first-order valence-electron chi connectivity index (χ1n) is 11.9. The molecule has 0 spiro atoms. The van der Waals surface area contributed by atoms with E-state index in [9.17, 15) is 9.59 Å². The number of hydrogen-bond acceptors (Lipinski definition) is 6. The van der Waals surface area contributed by atoms with Crippen LogP contribution in [-0.2, 0) is 9.53 Å². The summed E-state index contributed by atoms with van der Waals surface area (Å²) >= 11 is 0. The van der Waals surface area contributed by atoms with Gasteiger partial charge < -0.3 is 13.9 Å². The Morgan fingerprint density at radius 1 is 0.970 bits per heavy atom. The lowest BCUT2D eigenvalue weighted by Gasteiger charge is -2.09. The van der Waals surface area contributed by atoms with Crippen LogP contribution in [0.3, 0.4) is 0 Å². The predicted octanol–water partition coefficient (Wildman–Crippen LogP) is 6.16. The first-order chi connectivity index (χ1) is 16.1. The minimum Gasteiger partial charge on any atom is -0.478 e. The van der Waals surface area contributed by atoms with E-state index in [0.29, 0.717) is 24.7 Å². The van der Waals surface area contributed by atoms with Gasteiger partial charge in [-0.3, -0.25) is 4.79 Å². The lowest BCUT2D eigenvalue weighted by atomic mass is 10.1. The van der Waals surface area contributed by atoms with Gasteiger partial charge in [0.2, 0.25) is 11.6 Å². The van der Waals surface area contributed by atoms with Crippen molar-refractivity contribution in [3.05, 3.63) is 59.0 Å². The number of fused-ring (bicyclic) bond motifs is 1. The van der Waals surface area contributed by atoms with Crippen LogP contribution in [0.5, 0.6) is 5.88 Å². The molecule has 2 heterocycles. The number of aromatic nitrogens is 1. The van der Waals surface area contributed by atoms with Crippen molar-refractivity contribution in [3.63, 3.8) is 0 Å². The Labute approximate surface area is 194 Å². The minimum absolute atomic E-state index is 0.00937. The van der Waals surface area contributed by atoms with E-state index in [1.54, 1.807) is 12.1 Å². The van der Waals surface area contributed by atoms with E-state index in [4.69, 9.17) is 13.9 Å². The molecule has 0 fully saturated rings. The van der Waals surface area contributed by atoms with Gasteiger partial charge in [0, 0.05) is 11.5 Å². The van der Waals surface area contributed by atoms with Crippen molar-refractivity contribution in [3.8, 4) is 17.0 Å². The van der Waals surface area contributed by atoms with Crippen molar-refractivity contribution >= 4 is 17.1 Å². The zero-order chi connectivity index (χ0) is 23.5. The van der Waals surface area contributed by atoms with Crippen LogP contribution in [0.25, 0.3) is 22.2 Å². The van der Waals surface area contributed by atoms with Gasteiger partial charge in [-0.1, -0.05) is 69.9 Å². The first kappa shape index (κ1) is 24.5. The first-order valence-corrected chi connectivity index (χ1v) is 11.9. The van der Waals surface area contributed by atoms with Gasteiger partial charge in [-0.2, -0.15) is 4.98 Å². The van der Waals surface area contributed by atoms with Gasteiger partial charge >= 0.3 is 11.6 Å². The summed E-state index contributed by atoms with van der Waals surface area (Å²) in [6.45, 7) is 4.97. The van der Waals surface area contributed by atoms with Crippen LogP contribution in [0.15, 0.2) is 57.7 Å². The quantitative estimate of drug-likeness (QED) is 0.229. The van der Waals surface area contributed by atoms with Crippen LogP contribution >= 0.6 is 0 Å². The summed E-state index contributed by atoms with van der Waals surface area (Å²) in [5, 5.41) is 0.760. The molecule has 0 amide bonds. The molecule has 1 unspecified atom stereocenters. The number of hydrogen-bond donors (Lipinski definition) is 0. The lowest BCUT2D eigenvalue weighted by Crippen LogP contribution is -2.14. The molecule has 1 aromatic carbocycles. The number of rotatable bonds is 13. The average Bonchev–Trinajstić information content (AvgIpc) is 2.84. The Kier molecular flexibility index (Phi) is 9.48. The fourth-order valence-corrected chi connectivity index (χ4v) is 3.45. The van der Waals surface area contributed by atoms with Crippen molar-refractivity contribution in [2.45, 2.75) is 58.8 Å². The number of esters is 1. The third-order valence-corrected chi connectivity index (χ3v) is 5.71. The van der Waals surface area contributed by atoms with Crippen molar-refractivity contribution in [2.75, 3.05) is 13.2 Å². The van der Waals surface area contributed by atoms with Crippen LogP contribution in [0, 0.1) is 5.92 Å². The van der Waals surface area contributed by atoms with E-state index in [0.717, 1.165) is 55.9 Å². The molecule has 0 aliphatic heterocycles. The molecule has 176 valence electrons. The van der Waals surface area contributed by atoms with Crippen LogP contribution < -0.4 is 10.4 Å². The molecular formula is C27H33NO5. The average molecular weight is 452 g/mol. The summed E-state index contributed by atoms with van der Waals surface area (Å²) in [6.07, 6.45) is 7.02. The van der Waals surface area contributed by atoms with Crippen molar-refractivity contribution < 1.29 is 18.7 Å². The number of carbonyl (C=O) groups is 1. The van der Waals surface area contributed by atoms with Crippen molar-refractivity contribution in [1.82, 2.24) is 4.98 Å². The maximum atomic E-state index is 12.4. The molecule has 0 bridgehead atoms. The highest BCUT2D eigenvalue weighted by Crippen LogP contribution is 2.22. The summed E-state index contributed by atoms with van der Waals surface area (Å²) in [7, 11) is 0. The van der Waals surface area contributed by atoms with E-state index < -0.39 is 5.63 Å². The molecule has 33 heavy (non-hydrogen) atoms. The Balaban J connectivity index is 1.35. The lowest BCUT2D eigenvalue weighted by molar-refractivity contribution is -0.148. The maximum Gasteiger partial charge on any atom is 0.345 e. The standard InChI is InChI=1S/C27H33NO5/c1-3-20(2)26(29)32-18-12-7-5-4-6-11-17-31-24-16-15-22-19-23(21-13-9-8-10-14-21)27(30)33-25(22)28-24/h8-10,13-16,19-20H,3-7,11-12,17-18H2,1-2H3. The third kappa shape index (κ3) is 7.45. The predicted molar refractivity (Wildman–Crippen MR) is 129 cm³/mol. The molecule has 0 radical (unpaired) electrons. The maximum absolute atomic E-state index is 12.4. The molecule has 2 aromatic heterocycles. The molecule has 1 atom stereocenters. The van der Waals surface area contributed by atoms with Gasteiger partial charge in [0.05, 0.1) is 24.7 Å². The highest BCUT2D eigenvalue weighted by molar-refractivity contribution is 5.79. The Morgan fingerprint density at radius 2 is 1.67 bits per heavy atom. The third-order valence-electron chi connectivity index (χ3n) is 5.71. The van der Waals surface area contributed by atoms with Crippen LogP contribution in [0.4, 0.5) is 0 Å². The van der Waals surface area contributed by atoms with Gasteiger partial charge in [0.1, 0.15) is 0 Å². The second-order valence-electron chi connectivity index (χ2n) is 8.30. The fourth-order valence-electron chi connectivity index (χ4n) is 3.45. The van der Waals surface area contributed by atoms with Crippen LogP contribution in [0.1, 0.15) is 58.8 Å². The Hall–Kier alpha value is -3.15. The SMILES string of the molecule is CCC(C)C(=O)OCCCCCCCCOc1ccc2cc(-c3ccccc3)c(=O)oc2n1. The Morgan fingerprint density at radius 3 is 2.39 bits per heavy atom. The van der Waals surface area contributed by atoms with Gasteiger partial charge in [-0.05, 0) is 37.0 Å². The number of unbranched alkanes of at least 4 members (excludes halogenated alkanes) is 5. The van der Waals surface area contributed by atoms with Crippen LogP contribution in [-0.4, -0.2) is 24.2 Å². The van der Waals surface area contributed by atoms with Crippen molar-refractivity contribution in [1.29, 1.82) is 0 Å². The molecular weight excluding hydrogens is 418 g/mol.